The standard InChI is InChI=1S/C27H31N3O3S/c1-20-7-5-10-22(17-20)24(30-12-14-33-15-13-30)19-28-26(31)23(18-21-8-3-2-4-9-21)29-27(32)25-11-6-16-34-25/h2-11,16-17,23-24H,12-15,18-19H2,1H3,(H,28,31)(H,29,32). The second-order valence-corrected chi connectivity index (χ2v) is 9.46. The van der Waals surface area contributed by atoms with Crippen molar-refractivity contribution in [3.8, 4) is 0 Å². The Morgan fingerprint density at radius 2 is 1.82 bits per heavy atom. The van der Waals surface area contributed by atoms with E-state index in [1.54, 1.807) is 6.07 Å². The maximum absolute atomic E-state index is 13.4. The quantitative estimate of drug-likeness (QED) is 0.494. The first kappa shape index (κ1) is 24.1. The third kappa shape index (κ3) is 6.53. The Kier molecular flexibility index (Phi) is 8.46. The number of benzene rings is 2. The SMILES string of the molecule is Cc1cccc(C(CNC(=O)C(Cc2ccccc2)NC(=O)c2cccs2)N2CCOCC2)c1. The Balaban J connectivity index is 1.49. The molecule has 1 saturated heterocycles. The summed E-state index contributed by atoms with van der Waals surface area (Å²) in [6, 6.07) is 21.2. The van der Waals surface area contributed by atoms with Gasteiger partial charge in [-0.2, -0.15) is 0 Å². The molecule has 2 N–H and O–H groups in total. The van der Waals surface area contributed by atoms with E-state index >= 15 is 0 Å². The van der Waals surface area contributed by atoms with E-state index in [1.165, 1.54) is 22.5 Å². The van der Waals surface area contributed by atoms with Crippen LogP contribution in [0.4, 0.5) is 0 Å². The van der Waals surface area contributed by atoms with Gasteiger partial charge in [-0.1, -0.05) is 66.2 Å². The number of hydrogen-bond donors (Lipinski definition) is 2. The summed E-state index contributed by atoms with van der Waals surface area (Å²) >= 11 is 1.36. The molecule has 6 nitrogen and oxygen atoms in total. The molecular weight excluding hydrogens is 446 g/mol. The van der Waals surface area contributed by atoms with Crippen LogP contribution in [0.25, 0.3) is 0 Å². The zero-order valence-electron chi connectivity index (χ0n) is 19.4. The molecule has 1 aliphatic rings. The van der Waals surface area contributed by atoms with Gasteiger partial charge >= 0.3 is 0 Å². The Bertz CT molecular complexity index is 1070. The fourth-order valence-electron chi connectivity index (χ4n) is 4.24. The third-order valence-corrected chi connectivity index (χ3v) is 6.90. The summed E-state index contributed by atoms with van der Waals surface area (Å²) in [5.41, 5.74) is 3.36. The van der Waals surface area contributed by atoms with Crippen LogP contribution in [0.2, 0.25) is 0 Å². The van der Waals surface area contributed by atoms with Crippen LogP contribution in [0.1, 0.15) is 32.4 Å². The molecule has 1 aliphatic heterocycles. The van der Waals surface area contributed by atoms with E-state index in [0.29, 0.717) is 31.1 Å². The predicted octanol–water partition coefficient (Wildman–Crippen LogP) is 3.59. The van der Waals surface area contributed by atoms with Crippen LogP contribution < -0.4 is 10.6 Å². The highest BCUT2D eigenvalue weighted by Crippen LogP contribution is 2.22. The Hall–Kier alpha value is -3.00. The van der Waals surface area contributed by atoms with Gasteiger partial charge in [0.05, 0.1) is 24.1 Å². The van der Waals surface area contributed by atoms with Gasteiger partial charge in [-0.05, 0) is 29.5 Å². The number of ether oxygens (including phenoxy) is 1. The topological polar surface area (TPSA) is 70.7 Å². The number of morpholine rings is 1. The van der Waals surface area contributed by atoms with E-state index in [-0.39, 0.29) is 17.9 Å². The van der Waals surface area contributed by atoms with Crippen molar-refractivity contribution in [1.29, 1.82) is 0 Å². The summed E-state index contributed by atoms with van der Waals surface area (Å²) < 4.78 is 5.54. The molecule has 0 aliphatic carbocycles. The Morgan fingerprint density at radius 3 is 2.53 bits per heavy atom. The summed E-state index contributed by atoms with van der Waals surface area (Å²) in [6.07, 6.45) is 0.427. The molecule has 2 unspecified atom stereocenters. The van der Waals surface area contributed by atoms with E-state index < -0.39 is 6.04 Å². The minimum Gasteiger partial charge on any atom is -0.379 e. The number of amides is 2. The number of carbonyl (C=O) groups excluding carboxylic acids is 2. The monoisotopic (exact) mass is 477 g/mol. The van der Waals surface area contributed by atoms with Crippen LogP contribution >= 0.6 is 11.3 Å². The van der Waals surface area contributed by atoms with Crippen LogP contribution in [0, 0.1) is 6.92 Å². The molecule has 2 atom stereocenters. The van der Waals surface area contributed by atoms with Crippen LogP contribution in [0.15, 0.2) is 72.1 Å². The molecule has 2 aromatic carbocycles. The molecule has 0 spiro atoms. The van der Waals surface area contributed by atoms with E-state index in [0.717, 1.165) is 18.7 Å². The summed E-state index contributed by atoms with van der Waals surface area (Å²) in [5, 5.41) is 7.94. The van der Waals surface area contributed by atoms with Gasteiger partial charge in [-0.25, -0.2) is 0 Å². The van der Waals surface area contributed by atoms with Crippen molar-refractivity contribution in [1.82, 2.24) is 15.5 Å². The molecule has 7 heteroatoms. The number of thiophene rings is 1. The molecule has 1 aromatic heterocycles. The van der Waals surface area contributed by atoms with Crippen molar-refractivity contribution in [2.24, 2.45) is 0 Å². The first-order valence-corrected chi connectivity index (χ1v) is 12.5. The van der Waals surface area contributed by atoms with Crippen molar-refractivity contribution in [3.05, 3.63) is 93.7 Å². The van der Waals surface area contributed by atoms with Gasteiger partial charge < -0.3 is 15.4 Å². The average Bonchev–Trinajstić information content (AvgIpc) is 3.40. The second kappa shape index (κ2) is 11.9. The number of hydrogen-bond acceptors (Lipinski definition) is 5. The zero-order chi connectivity index (χ0) is 23.8. The van der Waals surface area contributed by atoms with Gasteiger partial charge in [-0.15, -0.1) is 11.3 Å². The van der Waals surface area contributed by atoms with Gasteiger partial charge in [0.2, 0.25) is 5.91 Å². The van der Waals surface area contributed by atoms with Gasteiger partial charge in [0.1, 0.15) is 6.04 Å². The highest BCUT2D eigenvalue weighted by Gasteiger charge is 2.26. The molecule has 178 valence electrons. The minimum absolute atomic E-state index is 0.0399. The smallest absolute Gasteiger partial charge is 0.262 e. The highest BCUT2D eigenvalue weighted by atomic mass is 32.1. The van der Waals surface area contributed by atoms with Crippen molar-refractivity contribution in [3.63, 3.8) is 0 Å². The first-order valence-electron chi connectivity index (χ1n) is 11.6. The van der Waals surface area contributed by atoms with E-state index in [2.05, 4.69) is 46.7 Å². The molecule has 0 radical (unpaired) electrons. The second-order valence-electron chi connectivity index (χ2n) is 8.52. The summed E-state index contributed by atoms with van der Waals surface area (Å²) in [5.74, 6) is -0.408. The Morgan fingerprint density at radius 1 is 1.03 bits per heavy atom. The lowest BCUT2D eigenvalue weighted by molar-refractivity contribution is -0.123. The van der Waals surface area contributed by atoms with Crippen molar-refractivity contribution >= 4 is 23.2 Å². The molecule has 0 saturated carbocycles. The molecule has 4 rings (SSSR count). The lowest BCUT2D eigenvalue weighted by Crippen LogP contribution is -2.50. The predicted molar refractivity (Wildman–Crippen MR) is 135 cm³/mol. The third-order valence-electron chi connectivity index (χ3n) is 6.03. The molecule has 0 bridgehead atoms. The van der Waals surface area contributed by atoms with Gasteiger partial charge in [0.15, 0.2) is 0 Å². The summed E-state index contributed by atoms with van der Waals surface area (Å²) in [4.78, 5) is 29.1. The first-order chi connectivity index (χ1) is 16.6. The van der Waals surface area contributed by atoms with Crippen LogP contribution in [-0.4, -0.2) is 55.6 Å². The van der Waals surface area contributed by atoms with Gasteiger partial charge in [0, 0.05) is 26.1 Å². The number of carbonyl (C=O) groups is 2. The molecule has 2 heterocycles. The molecule has 34 heavy (non-hydrogen) atoms. The van der Waals surface area contributed by atoms with Crippen molar-refractivity contribution in [2.75, 3.05) is 32.8 Å². The van der Waals surface area contributed by atoms with Crippen LogP contribution in [-0.2, 0) is 16.0 Å². The zero-order valence-corrected chi connectivity index (χ0v) is 20.2. The van der Waals surface area contributed by atoms with Crippen LogP contribution in [0.5, 0.6) is 0 Å². The maximum Gasteiger partial charge on any atom is 0.262 e. The molecule has 3 aromatic rings. The highest BCUT2D eigenvalue weighted by molar-refractivity contribution is 7.12. The van der Waals surface area contributed by atoms with E-state index in [9.17, 15) is 9.59 Å². The number of nitrogens with one attached hydrogen (secondary N) is 2. The number of aryl methyl sites for hydroxylation is 1. The maximum atomic E-state index is 13.4. The minimum atomic E-state index is -0.667. The molecule has 2 amide bonds. The normalized spacial score (nSPS) is 15.9. The lowest BCUT2D eigenvalue weighted by atomic mass is 10.0. The molecule has 1 fully saturated rings. The number of nitrogens with zero attached hydrogens (tertiary/aromatic N) is 1. The largest absolute Gasteiger partial charge is 0.379 e. The van der Waals surface area contributed by atoms with Gasteiger partial charge in [-0.3, -0.25) is 14.5 Å². The van der Waals surface area contributed by atoms with Crippen LogP contribution in [0.3, 0.4) is 0 Å². The Labute approximate surface area is 204 Å². The van der Waals surface area contributed by atoms with E-state index in [1.807, 2.05) is 41.8 Å². The lowest BCUT2D eigenvalue weighted by Gasteiger charge is -2.35. The molecular formula is C27H31N3O3S. The van der Waals surface area contributed by atoms with Crippen molar-refractivity contribution < 1.29 is 14.3 Å². The van der Waals surface area contributed by atoms with E-state index in [4.69, 9.17) is 4.74 Å². The number of rotatable bonds is 9. The average molecular weight is 478 g/mol. The fraction of sp³-hybridized carbons (Fsp3) is 0.333. The summed E-state index contributed by atoms with van der Waals surface area (Å²) in [7, 11) is 0. The van der Waals surface area contributed by atoms with Crippen molar-refractivity contribution in [2.45, 2.75) is 25.4 Å². The van der Waals surface area contributed by atoms with Gasteiger partial charge in [0.25, 0.3) is 5.91 Å². The fourth-order valence-corrected chi connectivity index (χ4v) is 4.87. The summed E-state index contributed by atoms with van der Waals surface area (Å²) in [6.45, 7) is 5.54.